The van der Waals surface area contributed by atoms with Gasteiger partial charge in [0.05, 0.1) is 11.4 Å². The number of rotatable bonds is 10. The summed E-state index contributed by atoms with van der Waals surface area (Å²) in [6.45, 7) is 3.33. The fraction of sp³-hybridized carbons (Fsp3) is 0.227. The first-order valence-electron chi connectivity index (χ1n) is 10.3. The van der Waals surface area contributed by atoms with Gasteiger partial charge in [0.15, 0.2) is 21.9 Å². The van der Waals surface area contributed by atoms with Crippen LogP contribution < -0.4 is 10.1 Å². The van der Waals surface area contributed by atoms with E-state index in [1.165, 1.54) is 11.2 Å². The predicted molar refractivity (Wildman–Crippen MR) is 129 cm³/mol. The van der Waals surface area contributed by atoms with Crippen molar-refractivity contribution in [1.29, 1.82) is 0 Å². The molecule has 2 aromatic carbocycles. The van der Waals surface area contributed by atoms with Crippen LogP contribution in [0.2, 0.25) is 0 Å². The Morgan fingerprint density at radius 3 is 2.27 bits per heavy atom. The highest BCUT2D eigenvalue weighted by Gasteiger charge is 2.35. The lowest BCUT2D eigenvalue weighted by molar-refractivity contribution is -0.112. The molecule has 11 heteroatoms. The van der Waals surface area contributed by atoms with Crippen LogP contribution >= 0.6 is 19.1 Å². The summed E-state index contributed by atoms with van der Waals surface area (Å²) in [4.78, 5) is 25.2. The van der Waals surface area contributed by atoms with Gasteiger partial charge in [0.2, 0.25) is 5.45 Å². The van der Waals surface area contributed by atoms with E-state index in [1.807, 2.05) is 36.4 Å². The van der Waals surface area contributed by atoms with Crippen molar-refractivity contribution >= 4 is 41.8 Å². The van der Waals surface area contributed by atoms with Gasteiger partial charge in [-0.15, -0.1) is 0 Å². The molecular formula is C22H24N5O4PS. The molecule has 1 heterocycles. The SMILES string of the molecule is CCC(=O)/C(=N/Nc1ccccc1)[P@@](=O)(N=c1sn(-c2ccccc2)nc1C(=O)CC)OC. The minimum atomic E-state index is -4.13. The fourth-order valence-corrected chi connectivity index (χ4v) is 5.27. The number of hydrazone groups is 1. The van der Waals surface area contributed by atoms with Crippen LogP contribution in [0.3, 0.4) is 0 Å². The summed E-state index contributed by atoms with van der Waals surface area (Å²) >= 11 is 1.03. The molecule has 1 atom stereocenters. The Labute approximate surface area is 195 Å². The second-order valence-corrected chi connectivity index (χ2v) is 9.67. The topological polar surface area (TPSA) is 115 Å². The molecule has 0 saturated heterocycles. The summed E-state index contributed by atoms with van der Waals surface area (Å²) < 4.78 is 24.9. The molecule has 3 rings (SSSR count). The lowest BCUT2D eigenvalue weighted by Crippen LogP contribution is -2.18. The molecule has 3 aromatic rings. The van der Waals surface area contributed by atoms with Gasteiger partial charge in [-0.1, -0.05) is 50.2 Å². The van der Waals surface area contributed by atoms with Gasteiger partial charge < -0.3 is 4.52 Å². The van der Waals surface area contributed by atoms with Crippen LogP contribution in [0.25, 0.3) is 5.69 Å². The van der Waals surface area contributed by atoms with E-state index < -0.39 is 13.3 Å². The number of carbonyl (C=O) groups excluding carboxylic acids is 2. The van der Waals surface area contributed by atoms with Gasteiger partial charge >= 0.3 is 7.52 Å². The van der Waals surface area contributed by atoms with Crippen LogP contribution in [0.4, 0.5) is 5.69 Å². The molecule has 0 aliphatic rings. The zero-order valence-electron chi connectivity index (χ0n) is 18.5. The quantitative estimate of drug-likeness (QED) is 0.193. The maximum absolute atomic E-state index is 13.8. The number of carbonyl (C=O) groups is 2. The number of para-hydroxylation sites is 2. The van der Waals surface area contributed by atoms with E-state index in [-0.39, 0.29) is 34.4 Å². The summed E-state index contributed by atoms with van der Waals surface area (Å²) in [5.41, 5.74) is 3.77. The molecule has 0 aliphatic heterocycles. The normalized spacial score (nSPS) is 14.0. The largest absolute Gasteiger partial charge is 0.369 e. The highest BCUT2D eigenvalue weighted by atomic mass is 32.1. The number of ketones is 2. The maximum Gasteiger partial charge on any atom is 0.369 e. The first kappa shape index (κ1) is 24.4. The van der Waals surface area contributed by atoms with Crippen LogP contribution in [0.1, 0.15) is 37.2 Å². The average molecular weight is 486 g/mol. The number of hydrogen-bond donors (Lipinski definition) is 1. The van der Waals surface area contributed by atoms with Crippen LogP contribution in [0.15, 0.2) is 70.5 Å². The minimum Gasteiger partial charge on any atom is -0.311 e. The second-order valence-electron chi connectivity index (χ2n) is 6.72. The smallest absolute Gasteiger partial charge is 0.311 e. The molecule has 0 amide bonds. The number of benzene rings is 2. The molecule has 0 fully saturated rings. The summed E-state index contributed by atoms with van der Waals surface area (Å²) in [5, 5.41) is 8.45. The standard InChI is InChI=1S/C22H24N5O4PS/c1-4-18(28)20-22(33-27(25-20)17-14-10-7-11-15-17)26-32(30,31-3)21(19(29)5-2)24-23-16-12-8-6-9-13-16/h6-15,23H,4-5H2,1-3H3/b24-21-,26-22?/t32-/m0/s1. The third kappa shape index (κ3) is 5.78. The molecule has 1 aromatic heterocycles. The predicted octanol–water partition coefficient (Wildman–Crippen LogP) is 4.67. The highest BCUT2D eigenvalue weighted by molar-refractivity contribution is 7.78. The summed E-state index contributed by atoms with van der Waals surface area (Å²) in [7, 11) is -2.94. The molecule has 0 radical (unpaired) electrons. The van der Waals surface area contributed by atoms with Crippen molar-refractivity contribution in [2.45, 2.75) is 26.7 Å². The van der Waals surface area contributed by atoms with Crippen molar-refractivity contribution in [3.8, 4) is 5.69 Å². The third-order valence-corrected chi connectivity index (χ3v) is 7.40. The zero-order chi connectivity index (χ0) is 23.8. The Morgan fingerprint density at radius 1 is 1.06 bits per heavy atom. The maximum atomic E-state index is 13.8. The highest BCUT2D eigenvalue weighted by Crippen LogP contribution is 2.49. The van der Waals surface area contributed by atoms with Gasteiger partial charge in [0.1, 0.15) is 0 Å². The van der Waals surface area contributed by atoms with Crippen molar-refractivity contribution in [2.75, 3.05) is 12.5 Å². The monoisotopic (exact) mass is 485 g/mol. The number of aromatic nitrogens is 2. The number of anilines is 1. The number of nitrogens with zero attached hydrogens (tertiary/aromatic N) is 4. The first-order valence-corrected chi connectivity index (χ1v) is 12.6. The summed E-state index contributed by atoms with van der Waals surface area (Å²) in [6.07, 6.45) is 0.231. The Hall–Kier alpha value is -3.20. The zero-order valence-corrected chi connectivity index (χ0v) is 20.2. The van der Waals surface area contributed by atoms with E-state index in [0.29, 0.717) is 11.4 Å². The van der Waals surface area contributed by atoms with Gasteiger partial charge in [0, 0.05) is 20.0 Å². The van der Waals surface area contributed by atoms with E-state index >= 15 is 0 Å². The number of hydrogen-bond acceptors (Lipinski definition) is 8. The van der Waals surface area contributed by atoms with Gasteiger partial charge in [-0.25, -0.2) is 0 Å². The molecular weight excluding hydrogens is 461 g/mol. The molecule has 0 spiro atoms. The molecule has 9 nitrogen and oxygen atoms in total. The van der Waals surface area contributed by atoms with Gasteiger partial charge in [-0.2, -0.15) is 19.0 Å². The number of Topliss-reactive ketones (excluding diaryl/α,β-unsaturated/α-hetero) is 2. The van der Waals surface area contributed by atoms with Crippen LogP contribution in [0, 0.1) is 0 Å². The Morgan fingerprint density at radius 2 is 1.70 bits per heavy atom. The van der Waals surface area contributed by atoms with Crippen LogP contribution in [-0.4, -0.2) is 33.3 Å². The van der Waals surface area contributed by atoms with Crippen molar-refractivity contribution in [1.82, 2.24) is 9.17 Å². The van der Waals surface area contributed by atoms with Crippen molar-refractivity contribution in [2.24, 2.45) is 9.86 Å². The molecule has 0 bridgehead atoms. The van der Waals surface area contributed by atoms with Gasteiger partial charge in [-0.3, -0.25) is 19.6 Å². The Balaban J connectivity index is 2.15. The minimum absolute atomic E-state index is 0.0472. The van der Waals surface area contributed by atoms with Gasteiger partial charge in [-0.05, 0) is 35.8 Å². The molecule has 0 aliphatic carbocycles. The van der Waals surface area contributed by atoms with Crippen molar-refractivity contribution in [3.63, 3.8) is 0 Å². The average Bonchev–Trinajstić information content (AvgIpc) is 3.28. The van der Waals surface area contributed by atoms with Gasteiger partial charge in [0.25, 0.3) is 0 Å². The third-order valence-electron chi connectivity index (χ3n) is 4.50. The van der Waals surface area contributed by atoms with E-state index in [2.05, 4.69) is 20.4 Å². The van der Waals surface area contributed by atoms with E-state index in [0.717, 1.165) is 11.5 Å². The summed E-state index contributed by atoms with van der Waals surface area (Å²) in [5.74, 6) is -0.763. The molecule has 1 N–H and O–H groups in total. The lowest BCUT2D eigenvalue weighted by Gasteiger charge is -2.12. The second kappa shape index (κ2) is 11.1. The van der Waals surface area contributed by atoms with Crippen molar-refractivity contribution < 1.29 is 18.7 Å². The Bertz CT molecular complexity index is 1270. The number of nitrogens with one attached hydrogen (secondary N) is 1. The van der Waals surface area contributed by atoms with E-state index in [1.54, 1.807) is 38.1 Å². The lowest BCUT2D eigenvalue weighted by atomic mass is 10.2. The van der Waals surface area contributed by atoms with Crippen molar-refractivity contribution in [3.05, 3.63) is 71.0 Å². The molecule has 172 valence electrons. The van der Waals surface area contributed by atoms with Crippen LogP contribution in [0.5, 0.6) is 0 Å². The summed E-state index contributed by atoms with van der Waals surface area (Å²) in [6, 6.07) is 18.1. The Kier molecular flexibility index (Phi) is 8.21. The van der Waals surface area contributed by atoms with E-state index in [4.69, 9.17) is 4.52 Å². The first-order chi connectivity index (χ1) is 15.9. The molecule has 33 heavy (non-hydrogen) atoms. The molecule has 0 saturated carbocycles. The van der Waals surface area contributed by atoms with E-state index in [9.17, 15) is 14.2 Å². The fourth-order valence-electron chi connectivity index (χ4n) is 2.72. The molecule has 0 unspecified atom stereocenters. The van der Waals surface area contributed by atoms with Crippen LogP contribution in [-0.2, 0) is 13.9 Å².